The summed E-state index contributed by atoms with van der Waals surface area (Å²) in [5.74, 6) is -0.392. The van der Waals surface area contributed by atoms with Gasteiger partial charge in [-0.15, -0.1) is 0 Å². The minimum absolute atomic E-state index is 0.144. The Morgan fingerprint density at radius 2 is 1.77 bits per heavy atom. The van der Waals surface area contributed by atoms with Gasteiger partial charge in [0.15, 0.2) is 0 Å². The molecule has 2 aromatic carbocycles. The maximum Gasteiger partial charge on any atom is 0.272 e. The number of carbonyl (C=O) groups is 1. The number of nitrogens with one attached hydrogen (secondary N) is 1. The number of benzene rings is 2. The first kappa shape index (κ1) is 17.6. The third kappa shape index (κ3) is 4.45. The van der Waals surface area contributed by atoms with Gasteiger partial charge in [0.25, 0.3) is 5.91 Å². The van der Waals surface area contributed by atoms with Crippen LogP contribution in [-0.4, -0.2) is 22.8 Å². The lowest BCUT2D eigenvalue weighted by atomic mass is 10.2. The number of hydrogen-bond donors (Lipinski definition) is 1. The normalized spacial score (nSPS) is 10.4. The van der Waals surface area contributed by atoms with Crippen LogP contribution in [0.25, 0.3) is 0 Å². The van der Waals surface area contributed by atoms with E-state index in [1.165, 1.54) is 6.07 Å². The monoisotopic (exact) mass is 349 g/mol. The predicted molar refractivity (Wildman–Crippen MR) is 100 cm³/mol. The highest BCUT2D eigenvalue weighted by atomic mass is 19.1. The molecule has 1 aromatic heterocycles. The molecule has 4 nitrogen and oxygen atoms in total. The maximum atomic E-state index is 13.6. The lowest BCUT2D eigenvalue weighted by Crippen LogP contribution is -2.26. The molecule has 0 spiro atoms. The number of nitrogens with zero attached hydrogens (tertiary/aromatic N) is 2. The minimum atomic E-state index is -0.248. The van der Waals surface area contributed by atoms with E-state index in [0.29, 0.717) is 24.3 Å². The van der Waals surface area contributed by atoms with Crippen molar-refractivity contribution in [1.29, 1.82) is 0 Å². The fourth-order valence-corrected chi connectivity index (χ4v) is 2.59. The van der Waals surface area contributed by atoms with Gasteiger partial charge in [-0.1, -0.05) is 48.5 Å². The van der Waals surface area contributed by atoms with E-state index >= 15 is 0 Å². The van der Waals surface area contributed by atoms with Crippen LogP contribution < -0.4 is 5.32 Å². The Morgan fingerprint density at radius 1 is 1.04 bits per heavy atom. The zero-order chi connectivity index (χ0) is 18.4. The summed E-state index contributed by atoms with van der Waals surface area (Å²) in [7, 11) is 1.75. The summed E-state index contributed by atoms with van der Waals surface area (Å²) in [5, 5.41) is 3.11. The number of rotatable bonds is 6. The molecule has 0 aliphatic carbocycles. The molecular weight excluding hydrogens is 329 g/mol. The first-order chi connectivity index (χ1) is 12.6. The highest BCUT2D eigenvalue weighted by Crippen LogP contribution is 2.13. The van der Waals surface area contributed by atoms with Crippen LogP contribution in [0.3, 0.4) is 0 Å². The Balaban J connectivity index is 1.60. The van der Waals surface area contributed by atoms with Crippen LogP contribution in [0, 0.1) is 5.82 Å². The average Bonchev–Trinajstić information content (AvgIpc) is 2.68. The van der Waals surface area contributed by atoms with E-state index in [4.69, 9.17) is 0 Å². The molecule has 0 atom stereocenters. The molecule has 0 bridgehead atoms. The molecular formula is C21H20FN3O. The van der Waals surface area contributed by atoms with E-state index in [1.54, 1.807) is 48.5 Å². The summed E-state index contributed by atoms with van der Waals surface area (Å²) in [6.07, 6.45) is 1.59. The molecule has 3 rings (SSSR count). The van der Waals surface area contributed by atoms with Gasteiger partial charge >= 0.3 is 0 Å². The van der Waals surface area contributed by atoms with Gasteiger partial charge < -0.3 is 10.2 Å². The van der Waals surface area contributed by atoms with Crippen molar-refractivity contribution in [3.8, 4) is 0 Å². The van der Waals surface area contributed by atoms with Gasteiger partial charge in [-0.2, -0.15) is 0 Å². The fourth-order valence-electron chi connectivity index (χ4n) is 2.59. The standard InChI is InChI=1S/C21H20FN3O/c1-25(15-16-7-3-2-4-8-16)21(26)20-12-11-18(14-24-20)23-13-17-9-5-6-10-19(17)22/h2-12,14,23H,13,15H2,1H3. The summed E-state index contributed by atoms with van der Waals surface area (Å²) in [5.41, 5.74) is 2.75. The summed E-state index contributed by atoms with van der Waals surface area (Å²) in [6, 6.07) is 19.9. The molecule has 0 fully saturated rings. The van der Waals surface area contributed by atoms with E-state index in [9.17, 15) is 9.18 Å². The molecule has 1 N–H and O–H groups in total. The van der Waals surface area contributed by atoms with Crippen molar-refractivity contribution in [2.24, 2.45) is 0 Å². The van der Waals surface area contributed by atoms with Crippen LogP contribution >= 0.6 is 0 Å². The third-order valence-electron chi connectivity index (χ3n) is 4.03. The van der Waals surface area contributed by atoms with Crippen molar-refractivity contribution < 1.29 is 9.18 Å². The smallest absolute Gasteiger partial charge is 0.272 e. The lowest BCUT2D eigenvalue weighted by Gasteiger charge is -2.17. The number of amides is 1. The quantitative estimate of drug-likeness (QED) is 0.728. The predicted octanol–water partition coefficient (Wildman–Crippen LogP) is 4.11. The SMILES string of the molecule is CN(Cc1ccccc1)C(=O)c1ccc(NCc2ccccc2F)cn1. The van der Waals surface area contributed by atoms with Crippen LogP contribution in [0.5, 0.6) is 0 Å². The number of carbonyl (C=O) groups excluding carboxylic acids is 1. The summed E-state index contributed by atoms with van der Waals surface area (Å²) in [6.45, 7) is 0.879. The number of aromatic nitrogens is 1. The Hall–Kier alpha value is -3.21. The maximum absolute atomic E-state index is 13.6. The number of hydrogen-bond acceptors (Lipinski definition) is 3. The molecule has 1 heterocycles. The van der Waals surface area contributed by atoms with Gasteiger partial charge in [0.1, 0.15) is 11.5 Å². The zero-order valence-electron chi connectivity index (χ0n) is 14.5. The number of halogens is 1. The lowest BCUT2D eigenvalue weighted by molar-refractivity contribution is 0.0779. The van der Waals surface area contributed by atoms with Crippen LogP contribution in [-0.2, 0) is 13.1 Å². The number of pyridine rings is 1. The second kappa shape index (κ2) is 8.25. The molecule has 0 unspecified atom stereocenters. The molecule has 3 aromatic rings. The summed E-state index contributed by atoms with van der Waals surface area (Å²) < 4.78 is 13.6. The summed E-state index contributed by atoms with van der Waals surface area (Å²) in [4.78, 5) is 18.3. The van der Waals surface area contributed by atoms with E-state index in [-0.39, 0.29) is 11.7 Å². The average molecular weight is 349 g/mol. The van der Waals surface area contributed by atoms with Crippen molar-refractivity contribution in [3.05, 3.63) is 95.6 Å². The van der Waals surface area contributed by atoms with Gasteiger partial charge in [0.2, 0.25) is 0 Å². The molecule has 26 heavy (non-hydrogen) atoms. The Bertz CT molecular complexity index is 866. The van der Waals surface area contributed by atoms with Gasteiger partial charge in [-0.05, 0) is 23.8 Å². The van der Waals surface area contributed by atoms with Crippen molar-refractivity contribution in [1.82, 2.24) is 9.88 Å². The van der Waals surface area contributed by atoms with Gasteiger partial charge in [-0.25, -0.2) is 9.37 Å². The summed E-state index contributed by atoms with van der Waals surface area (Å²) >= 11 is 0. The van der Waals surface area contributed by atoms with Crippen molar-refractivity contribution >= 4 is 11.6 Å². The topological polar surface area (TPSA) is 45.2 Å². The van der Waals surface area contributed by atoms with E-state index in [2.05, 4.69) is 10.3 Å². The Kier molecular flexibility index (Phi) is 5.59. The molecule has 0 aliphatic rings. The molecule has 0 radical (unpaired) electrons. The van der Waals surface area contributed by atoms with Gasteiger partial charge in [-0.3, -0.25) is 4.79 Å². The van der Waals surface area contributed by atoms with Gasteiger partial charge in [0, 0.05) is 25.7 Å². The second-order valence-electron chi connectivity index (χ2n) is 6.02. The van der Waals surface area contributed by atoms with Crippen molar-refractivity contribution in [2.75, 3.05) is 12.4 Å². The molecule has 5 heteroatoms. The fraction of sp³-hybridized carbons (Fsp3) is 0.143. The largest absolute Gasteiger partial charge is 0.380 e. The first-order valence-electron chi connectivity index (χ1n) is 8.36. The van der Waals surface area contributed by atoms with E-state index < -0.39 is 0 Å². The minimum Gasteiger partial charge on any atom is -0.380 e. The molecule has 1 amide bonds. The van der Waals surface area contributed by atoms with Gasteiger partial charge in [0.05, 0.1) is 11.9 Å². The van der Waals surface area contributed by atoms with Crippen LogP contribution in [0.1, 0.15) is 21.6 Å². The van der Waals surface area contributed by atoms with E-state index in [1.807, 2.05) is 30.3 Å². The second-order valence-corrected chi connectivity index (χ2v) is 6.02. The van der Waals surface area contributed by atoms with Crippen molar-refractivity contribution in [2.45, 2.75) is 13.1 Å². The first-order valence-corrected chi connectivity index (χ1v) is 8.36. The molecule has 0 aliphatic heterocycles. The third-order valence-corrected chi connectivity index (χ3v) is 4.03. The van der Waals surface area contributed by atoms with Crippen molar-refractivity contribution in [3.63, 3.8) is 0 Å². The van der Waals surface area contributed by atoms with E-state index in [0.717, 1.165) is 11.3 Å². The Labute approximate surface area is 152 Å². The highest BCUT2D eigenvalue weighted by molar-refractivity contribution is 5.92. The molecule has 0 saturated heterocycles. The highest BCUT2D eigenvalue weighted by Gasteiger charge is 2.13. The zero-order valence-corrected chi connectivity index (χ0v) is 14.5. The van der Waals surface area contributed by atoms with Crippen LogP contribution in [0.2, 0.25) is 0 Å². The van der Waals surface area contributed by atoms with Crippen LogP contribution in [0.15, 0.2) is 72.9 Å². The Morgan fingerprint density at radius 3 is 2.46 bits per heavy atom. The van der Waals surface area contributed by atoms with Crippen LogP contribution in [0.4, 0.5) is 10.1 Å². The molecule has 0 saturated carbocycles. The molecule has 132 valence electrons. The number of anilines is 1.